The number of aliphatic hydroxyl groups excluding tert-OH is 1. The quantitative estimate of drug-likeness (QED) is 0.441. The molecule has 1 spiro atoms. The van der Waals surface area contributed by atoms with Crippen molar-refractivity contribution in [2.45, 2.75) is 56.9 Å². The minimum atomic E-state index is -1.42. The molecule has 0 bridgehead atoms. The standard InChI is InChI=1S/C34H38ClN3O6/c1-4-23(21-39)38-29-32(42)37(24-11-9-22(35)10-12-24)20-8-18-34(29)28(31(38)41)27-30(40)36(19-7-17-33(27,5-2)44-34)25-13-15-26(16-14-25)43-6-3/h7-18,23,27-29,39H,4-6,19-21H2,1-3H3/t23-,27+,28-,29?,33-,34-/m0/s1. The maximum atomic E-state index is 14.7. The van der Waals surface area contributed by atoms with Gasteiger partial charge in [0.2, 0.25) is 11.8 Å². The number of carbonyl (C=O) groups is 3. The van der Waals surface area contributed by atoms with Crippen LogP contribution in [0.25, 0.3) is 0 Å². The molecule has 1 N–H and O–H groups in total. The van der Waals surface area contributed by atoms with Gasteiger partial charge in [-0.3, -0.25) is 14.4 Å². The van der Waals surface area contributed by atoms with Gasteiger partial charge in [0.15, 0.2) is 0 Å². The summed E-state index contributed by atoms with van der Waals surface area (Å²) >= 11 is 6.14. The van der Waals surface area contributed by atoms with Crippen LogP contribution < -0.4 is 14.5 Å². The highest BCUT2D eigenvalue weighted by atomic mass is 35.5. The van der Waals surface area contributed by atoms with E-state index in [0.717, 1.165) is 0 Å². The molecule has 2 fully saturated rings. The molecule has 0 saturated carbocycles. The summed E-state index contributed by atoms with van der Waals surface area (Å²) in [5.41, 5.74) is -1.22. The number of hydrogen-bond donors (Lipinski definition) is 1. The van der Waals surface area contributed by atoms with Crippen LogP contribution in [0, 0.1) is 11.8 Å². The van der Waals surface area contributed by atoms with Gasteiger partial charge in [0, 0.05) is 29.5 Å². The van der Waals surface area contributed by atoms with Crippen LogP contribution in [-0.4, -0.2) is 77.3 Å². The second kappa shape index (κ2) is 11.7. The van der Waals surface area contributed by atoms with Crippen LogP contribution in [0.3, 0.4) is 0 Å². The summed E-state index contributed by atoms with van der Waals surface area (Å²) in [5.74, 6) is -2.10. The number of fused-ring (bicyclic) bond motifs is 2. The van der Waals surface area contributed by atoms with Crippen molar-refractivity contribution in [3.63, 3.8) is 0 Å². The number of aliphatic hydroxyl groups is 1. The number of ether oxygens (including phenoxy) is 2. The van der Waals surface area contributed by atoms with Crippen molar-refractivity contribution in [3.8, 4) is 5.75 Å². The molecule has 6 rings (SSSR count). The van der Waals surface area contributed by atoms with Gasteiger partial charge in [-0.25, -0.2) is 0 Å². The summed E-state index contributed by atoms with van der Waals surface area (Å²) in [6.45, 7) is 6.48. The van der Waals surface area contributed by atoms with Gasteiger partial charge in [-0.2, -0.15) is 0 Å². The van der Waals surface area contributed by atoms with E-state index in [-0.39, 0.29) is 30.9 Å². The van der Waals surface area contributed by atoms with Gasteiger partial charge in [-0.1, -0.05) is 49.8 Å². The SMILES string of the molecule is CCOc1ccc(N2CC=C[C@]3(CC)O[C@]45C=CCN(c6ccc(Cl)cc6)C(=O)C4N([C@@H](CC)CO)C(=O)[C@@H]5[C@@H]3C2=O)cc1. The topological polar surface area (TPSA) is 99.6 Å². The molecule has 4 aliphatic heterocycles. The molecule has 0 aromatic heterocycles. The Morgan fingerprint density at radius 1 is 0.886 bits per heavy atom. The second-order valence-electron chi connectivity index (χ2n) is 11.7. The molecule has 3 amide bonds. The van der Waals surface area contributed by atoms with Crippen LogP contribution >= 0.6 is 11.6 Å². The van der Waals surface area contributed by atoms with Gasteiger partial charge in [0.1, 0.15) is 17.4 Å². The zero-order valence-electron chi connectivity index (χ0n) is 25.2. The lowest BCUT2D eigenvalue weighted by Gasteiger charge is -2.40. The average molecular weight is 620 g/mol. The van der Waals surface area contributed by atoms with Gasteiger partial charge in [0.25, 0.3) is 5.91 Å². The molecule has 4 heterocycles. The number of carbonyl (C=O) groups excluding carboxylic acids is 3. The largest absolute Gasteiger partial charge is 0.494 e. The number of nitrogens with zero attached hydrogens (tertiary/aromatic N) is 3. The van der Waals surface area contributed by atoms with Gasteiger partial charge in [0.05, 0.1) is 36.7 Å². The molecule has 2 aromatic rings. The molecule has 9 nitrogen and oxygen atoms in total. The number of hydrogen-bond acceptors (Lipinski definition) is 6. The third kappa shape index (κ3) is 4.55. The van der Waals surface area contributed by atoms with Gasteiger partial charge < -0.3 is 29.3 Å². The molecular weight excluding hydrogens is 582 g/mol. The third-order valence-corrected chi connectivity index (χ3v) is 9.80. The van der Waals surface area contributed by atoms with E-state index >= 15 is 0 Å². The Morgan fingerprint density at radius 3 is 2.09 bits per heavy atom. The van der Waals surface area contributed by atoms with Crippen LogP contribution in [0.5, 0.6) is 5.75 Å². The molecular formula is C34H38ClN3O6. The fourth-order valence-electron chi connectivity index (χ4n) is 7.48. The predicted molar refractivity (Wildman–Crippen MR) is 168 cm³/mol. The van der Waals surface area contributed by atoms with Gasteiger partial charge in [-0.15, -0.1) is 0 Å². The monoisotopic (exact) mass is 619 g/mol. The summed E-state index contributed by atoms with van der Waals surface area (Å²) in [6, 6.07) is 12.6. The molecule has 0 aliphatic carbocycles. The fourth-order valence-corrected chi connectivity index (χ4v) is 7.61. The van der Waals surface area contributed by atoms with Crippen molar-refractivity contribution in [2.75, 3.05) is 36.1 Å². The molecule has 6 atom stereocenters. The minimum absolute atomic E-state index is 0.242. The molecule has 232 valence electrons. The molecule has 10 heteroatoms. The van der Waals surface area contributed by atoms with Crippen LogP contribution in [0.1, 0.15) is 33.6 Å². The molecule has 44 heavy (non-hydrogen) atoms. The Balaban J connectivity index is 1.47. The maximum Gasteiger partial charge on any atom is 0.253 e. The highest BCUT2D eigenvalue weighted by Gasteiger charge is 2.76. The van der Waals surface area contributed by atoms with E-state index in [1.807, 2.05) is 69.3 Å². The first-order chi connectivity index (χ1) is 21.2. The van der Waals surface area contributed by atoms with Gasteiger partial charge in [-0.05, 0) is 68.3 Å². The first kappa shape index (κ1) is 30.4. The van der Waals surface area contributed by atoms with E-state index in [9.17, 15) is 19.5 Å². The van der Waals surface area contributed by atoms with E-state index in [2.05, 4.69) is 0 Å². The first-order valence-corrected chi connectivity index (χ1v) is 15.7. The predicted octanol–water partition coefficient (Wildman–Crippen LogP) is 4.38. The summed E-state index contributed by atoms with van der Waals surface area (Å²) in [5, 5.41) is 11.0. The summed E-state index contributed by atoms with van der Waals surface area (Å²) in [7, 11) is 0. The number of benzene rings is 2. The van der Waals surface area contributed by atoms with E-state index < -0.39 is 35.1 Å². The van der Waals surface area contributed by atoms with Gasteiger partial charge >= 0.3 is 0 Å². The molecule has 2 aromatic carbocycles. The Hall–Kier alpha value is -3.66. The minimum Gasteiger partial charge on any atom is -0.494 e. The van der Waals surface area contributed by atoms with Crippen molar-refractivity contribution >= 4 is 40.7 Å². The normalized spacial score (nSPS) is 30.2. The first-order valence-electron chi connectivity index (χ1n) is 15.3. The van der Waals surface area contributed by atoms with Crippen molar-refractivity contribution in [1.29, 1.82) is 0 Å². The lowest BCUT2D eigenvalue weighted by molar-refractivity contribution is -0.149. The smallest absolute Gasteiger partial charge is 0.253 e. The molecule has 0 radical (unpaired) electrons. The molecule has 2 saturated heterocycles. The second-order valence-corrected chi connectivity index (χ2v) is 12.2. The van der Waals surface area contributed by atoms with Crippen LogP contribution in [0.2, 0.25) is 5.02 Å². The number of amides is 3. The molecule has 4 aliphatic rings. The Kier molecular flexibility index (Phi) is 8.07. The average Bonchev–Trinajstić information content (AvgIpc) is 3.32. The van der Waals surface area contributed by atoms with E-state index in [1.54, 1.807) is 34.1 Å². The number of halogens is 1. The third-order valence-electron chi connectivity index (χ3n) is 9.55. The zero-order chi connectivity index (χ0) is 31.2. The van der Waals surface area contributed by atoms with Crippen LogP contribution in [-0.2, 0) is 19.1 Å². The Labute approximate surface area is 262 Å². The number of anilines is 2. The fraction of sp³-hybridized carbons (Fsp3) is 0.441. The highest BCUT2D eigenvalue weighted by Crippen LogP contribution is 2.59. The summed E-state index contributed by atoms with van der Waals surface area (Å²) in [6.07, 6.45) is 8.35. The lowest BCUT2D eigenvalue weighted by Crippen LogP contribution is -2.59. The Morgan fingerprint density at radius 2 is 1.50 bits per heavy atom. The van der Waals surface area contributed by atoms with Crippen molar-refractivity contribution in [2.24, 2.45) is 11.8 Å². The zero-order valence-corrected chi connectivity index (χ0v) is 25.9. The number of rotatable bonds is 8. The highest BCUT2D eigenvalue weighted by molar-refractivity contribution is 6.30. The van der Waals surface area contributed by atoms with Crippen molar-refractivity contribution in [3.05, 3.63) is 77.9 Å². The molecule has 1 unspecified atom stereocenters. The lowest BCUT2D eigenvalue weighted by atomic mass is 9.73. The van der Waals surface area contributed by atoms with Crippen LogP contribution in [0.4, 0.5) is 11.4 Å². The number of likely N-dealkylation sites (tertiary alicyclic amines) is 1. The van der Waals surface area contributed by atoms with E-state index in [1.165, 1.54) is 4.90 Å². The van der Waals surface area contributed by atoms with Crippen molar-refractivity contribution in [1.82, 2.24) is 4.90 Å². The van der Waals surface area contributed by atoms with Crippen LogP contribution in [0.15, 0.2) is 72.8 Å². The van der Waals surface area contributed by atoms with E-state index in [4.69, 9.17) is 21.1 Å². The summed E-state index contributed by atoms with van der Waals surface area (Å²) in [4.78, 5) is 48.8. The Bertz CT molecular complexity index is 1490. The van der Waals surface area contributed by atoms with E-state index in [0.29, 0.717) is 48.1 Å². The maximum absolute atomic E-state index is 14.7. The van der Waals surface area contributed by atoms with Crippen molar-refractivity contribution < 1.29 is 29.0 Å². The summed E-state index contributed by atoms with van der Waals surface area (Å²) < 4.78 is 12.6.